The van der Waals surface area contributed by atoms with E-state index in [-0.39, 0.29) is 124 Å². The molecule has 0 saturated heterocycles. The molecule has 0 aromatic heterocycles. The summed E-state index contributed by atoms with van der Waals surface area (Å²) in [7, 11) is -21.7. The summed E-state index contributed by atoms with van der Waals surface area (Å²) in [5, 5.41) is 215. The molecule has 50 heavy (non-hydrogen) atoms. The minimum Gasteiger partial charge on any atom is -0.402 e. The summed E-state index contributed by atoms with van der Waals surface area (Å²) in [5.74, 6) is 0. The van der Waals surface area contributed by atoms with Gasteiger partial charge in [-0.3, -0.25) is 0 Å². The summed E-state index contributed by atoms with van der Waals surface area (Å²) in [4.78, 5) is 0. The van der Waals surface area contributed by atoms with Gasteiger partial charge in [0.2, 0.25) is 0 Å². The average molecular weight is 983 g/mol. The van der Waals surface area contributed by atoms with Gasteiger partial charge in [0.1, 0.15) is 0 Å². The van der Waals surface area contributed by atoms with E-state index in [0.717, 1.165) is 0 Å². The minimum absolute atomic E-state index is 0. The Kier molecular flexibility index (Phi) is 328. The predicted octanol–water partition coefficient (Wildman–Crippen LogP) is -16.3. The van der Waals surface area contributed by atoms with Crippen molar-refractivity contribution in [2.75, 3.05) is 0 Å². The molecule has 0 bridgehead atoms. The molecule has 0 atom stereocenters. The maximum Gasteiger partial charge on any atom is 0.631 e. The van der Waals surface area contributed by atoms with E-state index in [1.165, 1.54) is 0 Å². The van der Waals surface area contributed by atoms with E-state index in [4.69, 9.17) is 151 Å². The van der Waals surface area contributed by atoms with Crippen molar-refractivity contribution >= 4 is 197 Å². The zero-order chi connectivity index (χ0) is 35.8. The molecule has 0 aromatic carbocycles. The average Bonchev–Trinajstić information content (AvgIpc) is 2.47. The van der Waals surface area contributed by atoms with Crippen molar-refractivity contribution in [3.63, 3.8) is 0 Å². The Bertz CT molecular complexity index is 216. The third-order valence-corrected chi connectivity index (χ3v) is 0. The molecule has 0 saturated carbocycles. The van der Waals surface area contributed by atoms with Gasteiger partial charge in [-0.2, -0.15) is 0 Å². The fourth-order valence-electron chi connectivity index (χ4n) is 0. The standard InChI is InChI=1S/10BH3O3.10ClH/c10*2-1(3)4;;;;;;;;;;/h10*2-4H;10*1H. The van der Waals surface area contributed by atoms with Crippen molar-refractivity contribution in [2.24, 2.45) is 0 Å². The van der Waals surface area contributed by atoms with Crippen LogP contribution in [0.2, 0.25) is 0 Å². The third kappa shape index (κ3) is 22200. The zero-order valence-electron chi connectivity index (χ0n) is 23.3. The Morgan fingerprint density at radius 3 is 0.100 bits per heavy atom. The topological polar surface area (TPSA) is 607 Å². The molecule has 0 rings (SSSR count). The van der Waals surface area contributed by atoms with Crippen LogP contribution in [-0.2, 0) is 0 Å². The normalized spacial score (nSPS) is 5.40. The molecule has 0 unspecified atom stereocenters. The monoisotopic (exact) mass is 980 g/mol. The maximum atomic E-state index is 7.17. The van der Waals surface area contributed by atoms with E-state index in [0.29, 0.717) is 0 Å². The molecule has 30 nitrogen and oxygen atoms in total. The van der Waals surface area contributed by atoms with Crippen LogP contribution in [0.5, 0.6) is 0 Å². The summed E-state index contributed by atoms with van der Waals surface area (Å²) in [5.41, 5.74) is 0. The zero-order valence-corrected chi connectivity index (χ0v) is 31.4. The fraction of sp³-hybridized carbons (Fsp3) is 0. The van der Waals surface area contributed by atoms with E-state index in [9.17, 15) is 0 Å². The van der Waals surface area contributed by atoms with E-state index >= 15 is 0 Å². The van der Waals surface area contributed by atoms with Crippen LogP contribution in [0.3, 0.4) is 0 Å². The molecule has 50 heteroatoms. The molecule has 0 aromatic rings. The lowest BCUT2D eigenvalue weighted by molar-refractivity contribution is 0.276. The summed E-state index contributed by atoms with van der Waals surface area (Å²) in [6, 6.07) is 0. The van der Waals surface area contributed by atoms with E-state index < -0.39 is 73.2 Å². The van der Waals surface area contributed by atoms with Crippen LogP contribution < -0.4 is 0 Å². The van der Waals surface area contributed by atoms with Gasteiger partial charge in [-0.15, -0.1) is 124 Å². The first-order chi connectivity index (χ1) is 17.3. The van der Waals surface area contributed by atoms with Gasteiger partial charge in [0.05, 0.1) is 0 Å². The second-order valence-corrected chi connectivity index (χ2v) is 3.46. The molecule has 0 aliphatic rings. The Hall–Kier alpha value is 2.35. The number of hydrogen-bond donors (Lipinski definition) is 30. The van der Waals surface area contributed by atoms with Crippen LogP contribution >= 0.6 is 124 Å². The molecule has 0 heterocycles. The molecule has 320 valence electrons. The highest BCUT2D eigenvalue weighted by Gasteiger charge is 1.95. The SMILES string of the molecule is Cl.Cl.Cl.Cl.Cl.Cl.Cl.Cl.Cl.Cl.OB(O)O.OB(O)O.OB(O)O.OB(O)O.OB(O)O.OB(O)O.OB(O)O.OB(O)O.OB(O)O.OB(O)O. The van der Waals surface area contributed by atoms with Gasteiger partial charge in [0, 0.05) is 0 Å². The predicted molar refractivity (Wildman–Crippen MR) is 197 cm³/mol. The number of rotatable bonds is 0. The van der Waals surface area contributed by atoms with Gasteiger partial charge in [-0.25, -0.2) is 0 Å². The lowest BCUT2D eigenvalue weighted by Crippen LogP contribution is -2.07. The van der Waals surface area contributed by atoms with Gasteiger partial charge < -0.3 is 151 Å². The largest absolute Gasteiger partial charge is 0.631 e. The molecule has 0 amide bonds. The van der Waals surface area contributed by atoms with Gasteiger partial charge in [0.25, 0.3) is 0 Å². The summed E-state index contributed by atoms with van der Waals surface area (Å²) < 4.78 is 0. The Labute approximate surface area is 346 Å². The van der Waals surface area contributed by atoms with Crippen LogP contribution in [0.1, 0.15) is 0 Å². The lowest BCUT2D eigenvalue weighted by atomic mass is 10.3. The first kappa shape index (κ1) is 132. The first-order valence-electron chi connectivity index (χ1n) is 7.75. The quantitative estimate of drug-likeness (QED) is 0.100. The highest BCUT2D eigenvalue weighted by molar-refractivity contribution is 6.32. The van der Waals surface area contributed by atoms with Gasteiger partial charge in [-0.1, -0.05) is 0 Å². The molecular formula is H40B10Cl10O30. The molecule has 0 radical (unpaired) electrons. The summed E-state index contributed by atoms with van der Waals surface area (Å²) in [6.07, 6.45) is 0. The molecule has 30 N–H and O–H groups in total. The second kappa shape index (κ2) is 124. The molecule has 0 spiro atoms. The lowest BCUT2D eigenvalue weighted by Gasteiger charge is -1.69. The highest BCUT2D eigenvalue weighted by atomic mass is 35.5. The van der Waals surface area contributed by atoms with Crippen molar-refractivity contribution in [1.29, 1.82) is 0 Å². The Morgan fingerprint density at radius 2 is 0.100 bits per heavy atom. The summed E-state index contributed by atoms with van der Waals surface area (Å²) >= 11 is 0. The van der Waals surface area contributed by atoms with Gasteiger partial charge >= 0.3 is 73.2 Å². The van der Waals surface area contributed by atoms with Crippen LogP contribution in [0, 0.1) is 0 Å². The van der Waals surface area contributed by atoms with Crippen molar-refractivity contribution in [2.45, 2.75) is 0 Å². The van der Waals surface area contributed by atoms with E-state index in [2.05, 4.69) is 0 Å². The van der Waals surface area contributed by atoms with Gasteiger partial charge in [-0.05, 0) is 0 Å². The maximum absolute atomic E-state index is 7.17. The van der Waals surface area contributed by atoms with Crippen LogP contribution in [0.15, 0.2) is 0 Å². The molecular weight excluding hydrogens is 943 g/mol. The Morgan fingerprint density at radius 1 is 0.100 bits per heavy atom. The van der Waals surface area contributed by atoms with Crippen molar-refractivity contribution < 1.29 is 151 Å². The van der Waals surface area contributed by atoms with Crippen LogP contribution in [-0.4, -0.2) is 224 Å². The molecule has 0 aliphatic carbocycles. The van der Waals surface area contributed by atoms with Crippen LogP contribution in [0.4, 0.5) is 0 Å². The van der Waals surface area contributed by atoms with Crippen molar-refractivity contribution in [3.8, 4) is 0 Å². The number of hydrogen-bond acceptors (Lipinski definition) is 30. The highest BCUT2D eigenvalue weighted by Crippen LogP contribution is 1.43. The fourth-order valence-corrected chi connectivity index (χ4v) is 0. The Balaban J connectivity index is -0.0000000109. The van der Waals surface area contributed by atoms with E-state index in [1.807, 2.05) is 0 Å². The second-order valence-electron chi connectivity index (χ2n) is 3.46. The summed E-state index contributed by atoms with van der Waals surface area (Å²) in [6.45, 7) is 0. The van der Waals surface area contributed by atoms with Crippen molar-refractivity contribution in [1.82, 2.24) is 0 Å². The molecule has 0 aliphatic heterocycles. The number of halogens is 10. The van der Waals surface area contributed by atoms with Gasteiger partial charge in [0.15, 0.2) is 0 Å². The third-order valence-electron chi connectivity index (χ3n) is 0. The van der Waals surface area contributed by atoms with Crippen molar-refractivity contribution in [3.05, 3.63) is 0 Å². The first-order valence-corrected chi connectivity index (χ1v) is 7.75. The molecule has 0 fully saturated rings. The minimum atomic E-state index is -2.17. The van der Waals surface area contributed by atoms with Crippen LogP contribution in [0.25, 0.3) is 0 Å². The smallest absolute Gasteiger partial charge is 0.402 e. The van der Waals surface area contributed by atoms with E-state index in [1.54, 1.807) is 0 Å².